The molecule has 0 bridgehead atoms. The first-order valence-corrected chi connectivity index (χ1v) is 4.19. The van der Waals surface area contributed by atoms with Gasteiger partial charge in [0.25, 0.3) is 0 Å². The highest BCUT2D eigenvalue weighted by Crippen LogP contribution is 2.29. The molecule has 70 valence electrons. The summed E-state index contributed by atoms with van der Waals surface area (Å²) in [5.74, 6) is 0.701. The van der Waals surface area contributed by atoms with Gasteiger partial charge in [0.2, 0.25) is 0 Å². The van der Waals surface area contributed by atoms with E-state index in [1.807, 2.05) is 32.1 Å². The number of phenolic OH excluding ortho intramolecular Hbond substituents is 1. The molecule has 0 aliphatic heterocycles. The van der Waals surface area contributed by atoms with E-state index < -0.39 is 0 Å². The molecule has 0 aliphatic carbocycles. The van der Waals surface area contributed by atoms with Crippen molar-refractivity contribution in [1.29, 1.82) is 0 Å². The molecule has 0 saturated heterocycles. The lowest BCUT2D eigenvalue weighted by Gasteiger charge is -2.06. The number of benzene rings is 1. The normalized spacial score (nSPS) is 10.7. The molecule has 0 unspecified atom stereocenters. The molecular weight excluding hydrogens is 164 g/mol. The summed E-state index contributed by atoms with van der Waals surface area (Å²) in [6, 6.07) is 3.53. The molecule has 0 saturated carbocycles. The van der Waals surface area contributed by atoms with Gasteiger partial charge in [-0.1, -0.05) is 12.2 Å². The van der Waals surface area contributed by atoms with Crippen molar-refractivity contribution in [2.75, 3.05) is 7.11 Å². The van der Waals surface area contributed by atoms with Gasteiger partial charge in [-0.3, -0.25) is 0 Å². The van der Waals surface area contributed by atoms with Crippen LogP contribution >= 0.6 is 0 Å². The summed E-state index contributed by atoms with van der Waals surface area (Å²) >= 11 is 0. The molecule has 1 N–H and O–H groups in total. The molecule has 0 heterocycles. The van der Waals surface area contributed by atoms with E-state index in [2.05, 4.69) is 0 Å². The van der Waals surface area contributed by atoms with E-state index >= 15 is 0 Å². The van der Waals surface area contributed by atoms with Crippen LogP contribution < -0.4 is 4.74 Å². The van der Waals surface area contributed by atoms with Crippen LogP contribution in [-0.4, -0.2) is 12.2 Å². The molecule has 0 spiro atoms. The van der Waals surface area contributed by atoms with Crippen LogP contribution in [0.3, 0.4) is 0 Å². The zero-order valence-electron chi connectivity index (χ0n) is 8.16. The van der Waals surface area contributed by atoms with E-state index in [1.54, 1.807) is 13.2 Å². The number of methoxy groups -OCH3 is 1. The Morgan fingerprint density at radius 2 is 2.08 bits per heavy atom. The summed E-state index contributed by atoms with van der Waals surface area (Å²) in [5.41, 5.74) is 2.11. The first kappa shape index (κ1) is 9.65. The van der Waals surface area contributed by atoms with Crippen LogP contribution in [-0.2, 0) is 0 Å². The number of allylic oxidation sites excluding steroid dienone is 1. The van der Waals surface area contributed by atoms with Gasteiger partial charge in [0.15, 0.2) is 11.5 Å². The van der Waals surface area contributed by atoms with Gasteiger partial charge >= 0.3 is 0 Å². The topological polar surface area (TPSA) is 29.5 Å². The smallest absolute Gasteiger partial charge is 0.161 e. The lowest BCUT2D eigenvalue weighted by molar-refractivity contribution is 0.373. The molecule has 0 amide bonds. The van der Waals surface area contributed by atoms with Crippen molar-refractivity contribution in [2.45, 2.75) is 13.8 Å². The number of hydrogen-bond acceptors (Lipinski definition) is 2. The second-order valence-corrected chi connectivity index (χ2v) is 2.88. The van der Waals surface area contributed by atoms with Gasteiger partial charge in [-0.15, -0.1) is 0 Å². The Morgan fingerprint density at radius 1 is 1.38 bits per heavy atom. The maximum absolute atomic E-state index is 9.43. The van der Waals surface area contributed by atoms with Crippen LogP contribution in [0, 0.1) is 6.92 Å². The zero-order valence-corrected chi connectivity index (χ0v) is 8.16. The summed E-state index contributed by atoms with van der Waals surface area (Å²) in [5, 5.41) is 9.43. The summed E-state index contributed by atoms with van der Waals surface area (Å²) in [6.07, 6.45) is 3.94. The van der Waals surface area contributed by atoms with Crippen LogP contribution in [0.15, 0.2) is 18.2 Å². The lowest BCUT2D eigenvalue weighted by atomic mass is 10.1. The second kappa shape index (κ2) is 3.99. The SMILES string of the molecule is CC=Cc1cc(OC)c(O)cc1C. The summed E-state index contributed by atoms with van der Waals surface area (Å²) < 4.78 is 5.00. The Bertz CT molecular complexity index is 327. The minimum Gasteiger partial charge on any atom is -0.504 e. The first-order valence-electron chi connectivity index (χ1n) is 4.19. The number of rotatable bonds is 2. The number of aromatic hydroxyl groups is 1. The Balaban J connectivity index is 3.22. The Hall–Kier alpha value is -1.44. The molecular formula is C11H14O2. The molecule has 13 heavy (non-hydrogen) atoms. The average molecular weight is 178 g/mol. The fourth-order valence-corrected chi connectivity index (χ4v) is 1.21. The van der Waals surface area contributed by atoms with Crippen molar-refractivity contribution >= 4 is 6.08 Å². The lowest BCUT2D eigenvalue weighted by Crippen LogP contribution is -1.87. The van der Waals surface area contributed by atoms with Gasteiger partial charge in [-0.25, -0.2) is 0 Å². The Labute approximate surface area is 78.5 Å². The fourth-order valence-electron chi connectivity index (χ4n) is 1.21. The second-order valence-electron chi connectivity index (χ2n) is 2.88. The van der Waals surface area contributed by atoms with Crippen LogP contribution in [0.25, 0.3) is 6.08 Å². The monoisotopic (exact) mass is 178 g/mol. The van der Waals surface area contributed by atoms with Crippen molar-refractivity contribution in [3.05, 3.63) is 29.3 Å². The largest absolute Gasteiger partial charge is 0.504 e. The Kier molecular flexibility index (Phi) is 2.96. The molecule has 0 fully saturated rings. The van der Waals surface area contributed by atoms with Gasteiger partial charge in [0.05, 0.1) is 7.11 Å². The number of ether oxygens (including phenoxy) is 1. The first-order chi connectivity index (χ1) is 6.19. The highest BCUT2D eigenvalue weighted by atomic mass is 16.5. The average Bonchev–Trinajstić information content (AvgIpc) is 2.10. The minimum absolute atomic E-state index is 0.188. The van der Waals surface area contributed by atoms with Gasteiger partial charge in [-0.2, -0.15) is 0 Å². The molecule has 0 atom stereocenters. The molecule has 1 rings (SSSR count). The van der Waals surface area contributed by atoms with E-state index in [9.17, 15) is 5.11 Å². The highest BCUT2D eigenvalue weighted by Gasteiger charge is 2.03. The van der Waals surface area contributed by atoms with Crippen molar-refractivity contribution in [3.63, 3.8) is 0 Å². The highest BCUT2D eigenvalue weighted by molar-refractivity contribution is 5.59. The molecule has 0 aliphatic rings. The molecule has 0 radical (unpaired) electrons. The van der Waals surface area contributed by atoms with E-state index in [-0.39, 0.29) is 5.75 Å². The predicted molar refractivity (Wildman–Crippen MR) is 54.1 cm³/mol. The minimum atomic E-state index is 0.188. The van der Waals surface area contributed by atoms with Crippen molar-refractivity contribution in [3.8, 4) is 11.5 Å². The number of hydrogen-bond donors (Lipinski definition) is 1. The van der Waals surface area contributed by atoms with Crippen LogP contribution in [0.5, 0.6) is 11.5 Å². The van der Waals surface area contributed by atoms with E-state index in [4.69, 9.17) is 4.74 Å². The standard InChI is InChI=1S/C11H14O2/c1-4-5-9-7-11(13-3)10(12)6-8(9)2/h4-7,12H,1-3H3. The number of aryl methyl sites for hydroxylation is 1. The van der Waals surface area contributed by atoms with Gasteiger partial charge in [-0.05, 0) is 37.1 Å². The molecule has 1 aromatic rings. The maximum Gasteiger partial charge on any atom is 0.161 e. The van der Waals surface area contributed by atoms with Crippen LogP contribution in [0.4, 0.5) is 0 Å². The third kappa shape index (κ3) is 2.02. The van der Waals surface area contributed by atoms with Crippen LogP contribution in [0.1, 0.15) is 18.1 Å². The van der Waals surface area contributed by atoms with Gasteiger partial charge in [0.1, 0.15) is 0 Å². The van der Waals surface area contributed by atoms with Crippen molar-refractivity contribution in [1.82, 2.24) is 0 Å². The quantitative estimate of drug-likeness (QED) is 0.754. The van der Waals surface area contributed by atoms with E-state index in [1.165, 1.54) is 0 Å². The zero-order chi connectivity index (χ0) is 9.84. The number of phenols is 1. The predicted octanol–water partition coefficient (Wildman–Crippen LogP) is 2.74. The summed E-state index contributed by atoms with van der Waals surface area (Å²) in [4.78, 5) is 0. The molecule has 1 aromatic carbocycles. The summed E-state index contributed by atoms with van der Waals surface area (Å²) in [6.45, 7) is 3.91. The van der Waals surface area contributed by atoms with E-state index in [0.717, 1.165) is 11.1 Å². The molecule has 2 nitrogen and oxygen atoms in total. The van der Waals surface area contributed by atoms with Crippen molar-refractivity contribution in [2.24, 2.45) is 0 Å². The van der Waals surface area contributed by atoms with Gasteiger partial charge < -0.3 is 9.84 Å². The molecule has 2 heteroatoms. The summed E-state index contributed by atoms with van der Waals surface area (Å²) in [7, 11) is 1.55. The maximum atomic E-state index is 9.43. The van der Waals surface area contributed by atoms with E-state index in [0.29, 0.717) is 5.75 Å². The van der Waals surface area contributed by atoms with Gasteiger partial charge in [0, 0.05) is 0 Å². The molecule has 0 aromatic heterocycles. The third-order valence-corrected chi connectivity index (χ3v) is 1.91. The van der Waals surface area contributed by atoms with Crippen molar-refractivity contribution < 1.29 is 9.84 Å². The third-order valence-electron chi connectivity index (χ3n) is 1.91. The van der Waals surface area contributed by atoms with Crippen LogP contribution in [0.2, 0.25) is 0 Å². The fraction of sp³-hybridized carbons (Fsp3) is 0.273. The Morgan fingerprint density at radius 3 is 2.62 bits per heavy atom.